The zero-order valence-electron chi connectivity index (χ0n) is 22.5. The van der Waals surface area contributed by atoms with E-state index in [0.717, 1.165) is 35.1 Å². The monoisotopic (exact) mass is 508 g/mol. The predicted octanol–water partition coefficient (Wildman–Crippen LogP) is 7.03. The van der Waals surface area contributed by atoms with E-state index < -0.39 is 12.0 Å². The van der Waals surface area contributed by atoms with E-state index in [-0.39, 0.29) is 18.4 Å². The van der Waals surface area contributed by atoms with Crippen LogP contribution in [0.2, 0.25) is 0 Å². The highest BCUT2D eigenvalue weighted by Gasteiger charge is 2.33. The van der Waals surface area contributed by atoms with Gasteiger partial charge < -0.3 is 9.64 Å². The van der Waals surface area contributed by atoms with Crippen molar-refractivity contribution in [3.63, 3.8) is 0 Å². The molecule has 0 aliphatic carbocycles. The Bertz CT molecular complexity index is 1260. The number of esters is 1. The van der Waals surface area contributed by atoms with Crippen LogP contribution in [0.15, 0.2) is 84.9 Å². The molecule has 1 amide bonds. The summed E-state index contributed by atoms with van der Waals surface area (Å²) in [7, 11) is 0. The van der Waals surface area contributed by atoms with Gasteiger partial charge in [0.15, 0.2) is 0 Å². The van der Waals surface area contributed by atoms with Gasteiger partial charge in [-0.05, 0) is 46.7 Å². The van der Waals surface area contributed by atoms with Crippen LogP contribution in [-0.4, -0.2) is 29.4 Å². The largest absolute Gasteiger partial charge is 0.460 e. The lowest BCUT2D eigenvalue weighted by Crippen LogP contribution is -2.48. The van der Waals surface area contributed by atoms with Crippen molar-refractivity contribution in [2.45, 2.75) is 52.6 Å². The molecule has 3 aromatic rings. The SMILES string of the molecule is CCCCC(=O)N(Cc1ccc(-c2ccccc2C#N)cc1)[C@H](C(=O)OCC=Cc1ccccc1)C(C)C. The minimum atomic E-state index is -0.691. The molecular formula is C33H36N2O3. The van der Waals surface area contributed by atoms with Gasteiger partial charge in [0.1, 0.15) is 12.6 Å². The van der Waals surface area contributed by atoms with E-state index in [9.17, 15) is 14.9 Å². The maximum atomic E-state index is 13.3. The molecule has 0 saturated heterocycles. The Morgan fingerprint density at radius 3 is 2.32 bits per heavy atom. The number of benzene rings is 3. The average molecular weight is 509 g/mol. The molecule has 5 nitrogen and oxygen atoms in total. The molecule has 38 heavy (non-hydrogen) atoms. The van der Waals surface area contributed by atoms with Crippen LogP contribution in [0, 0.1) is 17.2 Å². The minimum Gasteiger partial charge on any atom is -0.460 e. The fourth-order valence-electron chi connectivity index (χ4n) is 4.36. The molecule has 196 valence electrons. The molecule has 0 aromatic heterocycles. The number of unbranched alkanes of at least 4 members (excludes halogenated alkanes) is 1. The molecule has 0 unspecified atom stereocenters. The molecule has 3 aromatic carbocycles. The van der Waals surface area contributed by atoms with Crippen molar-refractivity contribution in [3.05, 3.63) is 102 Å². The number of amides is 1. The van der Waals surface area contributed by atoms with Crippen molar-refractivity contribution in [1.29, 1.82) is 5.26 Å². The third-order valence-corrected chi connectivity index (χ3v) is 6.37. The van der Waals surface area contributed by atoms with E-state index in [1.54, 1.807) is 11.0 Å². The van der Waals surface area contributed by atoms with Gasteiger partial charge in [-0.3, -0.25) is 4.79 Å². The Morgan fingerprint density at radius 1 is 0.974 bits per heavy atom. The van der Waals surface area contributed by atoms with Crippen LogP contribution < -0.4 is 0 Å². The van der Waals surface area contributed by atoms with Crippen molar-refractivity contribution in [3.8, 4) is 17.2 Å². The van der Waals surface area contributed by atoms with Crippen LogP contribution >= 0.6 is 0 Å². The molecule has 5 heteroatoms. The quantitative estimate of drug-likeness (QED) is 0.246. The number of ether oxygens (including phenoxy) is 1. The molecule has 1 atom stereocenters. The number of carbonyl (C=O) groups is 2. The van der Waals surface area contributed by atoms with Crippen LogP contribution in [0.3, 0.4) is 0 Å². The molecule has 0 fully saturated rings. The number of rotatable bonds is 12. The summed E-state index contributed by atoms with van der Waals surface area (Å²) in [4.78, 5) is 28.2. The Morgan fingerprint density at radius 2 is 1.66 bits per heavy atom. The summed E-state index contributed by atoms with van der Waals surface area (Å²) < 4.78 is 5.61. The zero-order valence-corrected chi connectivity index (χ0v) is 22.5. The topological polar surface area (TPSA) is 70.4 Å². The first kappa shape index (κ1) is 28.4. The first-order valence-electron chi connectivity index (χ1n) is 13.2. The van der Waals surface area contributed by atoms with Gasteiger partial charge in [-0.25, -0.2) is 4.79 Å². The molecule has 0 aliphatic rings. The van der Waals surface area contributed by atoms with Crippen LogP contribution in [0.1, 0.15) is 56.7 Å². The second-order valence-corrected chi connectivity index (χ2v) is 9.61. The smallest absolute Gasteiger partial charge is 0.329 e. The third kappa shape index (κ3) is 7.91. The highest BCUT2D eigenvalue weighted by atomic mass is 16.5. The summed E-state index contributed by atoms with van der Waals surface area (Å²) in [5.41, 5.74) is 4.35. The lowest BCUT2D eigenvalue weighted by atomic mass is 9.98. The molecular weight excluding hydrogens is 472 g/mol. The Balaban J connectivity index is 1.78. The van der Waals surface area contributed by atoms with E-state index in [0.29, 0.717) is 18.5 Å². The molecule has 0 saturated carbocycles. The van der Waals surface area contributed by atoms with E-state index in [1.165, 1.54) is 0 Å². The van der Waals surface area contributed by atoms with Crippen molar-refractivity contribution in [1.82, 2.24) is 4.90 Å². The molecule has 0 heterocycles. The summed E-state index contributed by atoms with van der Waals surface area (Å²) in [6.07, 6.45) is 5.76. The number of hydrogen-bond donors (Lipinski definition) is 0. The number of carbonyl (C=O) groups excluding carboxylic acids is 2. The van der Waals surface area contributed by atoms with Crippen molar-refractivity contribution in [2.24, 2.45) is 5.92 Å². The highest BCUT2D eigenvalue weighted by molar-refractivity contribution is 5.85. The van der Waals surface area contributed by atoms with E-state index >= 15 is 0 Å². The number of hydrogen-bond acceptors (Lipinski definition) is 4. The minimum absolute atomic E-state index is 0.0544. The van der Waals surface area contributed by atoms with Crippen LogP contribution in [0.4, 0.5) is 0 Å². The Hall–Kier alpha value is -4.17. The normalized spacial score (nSPS) is 11.8. The fourth-order valence-corrected chi connectivity index (χ4v) is 4.36. The van der Waals surface area contributed by atoms with Crippen molar-refractivity contribution >= 4 is 18.0 Å². The number of nitriles is 1. The summed E-state index contributed by atoms with van der Waals surface area (Å²) in [6, 6.07) is 26.7. The van der Waals surface area contributed by atoms with Gasteiger partial charge in [-0.2, -0.15) is 5.26 Å². The van der Waals surface area contributed by atoms with Gasteiger partial charge in [-0.1, -0.05) is 106 Å². The molecule has 0 radical (unpaired) electrons. The lowest BCUT2D eigenvalue weighted by molar-refractivity contribution is -0.157. The second-order valence-electron chi connectivity index (χ2n) is 9.61. The van der Waals surface area contributed by atoms with Crippen LogP contribution in [0.5, 0.6) is 0 Å². The third-order valence-electron chi connectivity index (χ3n) is 6.37. The molecule has 3 rings (SSSR count). The highest BCUT2D eigenvalue weighted by Crippen LogP contribution is 2.25. The summed E-state index contributed by atoms with van der Waals surface area (Å²) >= 11 is 0. The molecule has 0 bridgehead atoms. The summed E-state index contributed by atoms with van der Waals surface area (Å²) in [5, 5.41) is 9.44. The van der Waals surface area contributed by atoms with Gasteiger partial charge in [0.2, 0.25) is 5.91 Å². The van der Waals surface area contributed by atoms with E-state index in [1.807, 2.05) is 106 Å². The van der Waals surface area contributed by atoms with Gasteiger partial charge >= 0.3 is 5.97 Å². The lowest BCUT2D eigenvalue weighted by Gasteiger charge is -2.33. The maximum Gasteiger partial charge on any atom is 0.329 e. The van der Waals surface area contributed by atoms with Crippen molar-refractivity contribution in [2.75, 3.05) is 6.61 Å². The standard InChI is InChI=1S/C33H36N2O3/c1-4-5-17-31(36)35(24-27-18-20-28(21-19-27)30-16-10-9-15-29(30)23-34)32(25(2)3)33(37)38-22-11-14-26-12-7-6-8-13-26/h6-16,18-21,25,32H,4-5,17,22,24H2,1-3H3/t32-/m0/s1. The average Bonchev–Trinajstić information content (AvgIpc) is 2.94. The van der Waals surface area contributed by atoms with Crippen LogP contribution in [-0.2, 0) is 20.9 Å². The number of nitrogens with zero attached hydrogens (tertiary/aromatic N) is 2. The zero-order chi connectivity index (χ0) is 27.3. The summed E-state index contributed by atoms with van der Waals surface area (Å²) in [6.45, 7) is 6.37. The first-order chi connectivity index (χ1) is 18.4. The van der Waals surface area contributed by atoms with Gasteiger partial charge in [0, 0.05) is 13.0 Å². The summed E-state index contributed by atoms with van der Waals surface area (Å²) in [5.74, 6) is -0.573. The second kappa shape index (κ2) is 14.5. The maximum absolute atomic E-state index is 13.3. The Kier molecular flexibility index (Phi) is 10.9. The van der Waals surface area contributed by atoms with Gasteiger partial charge in [0.25, 0.3) is 0 Å². The van der Waals surface area contributed by atoms with Gasteiger partial charge in [-0.15, -0.1) is 0 Å². The molecule has 0 N–H and O–H groups in total. The molecule has 0 spiro atoms. The van der Waals surface area contributed by atoms with Crippen molar-refractivity contribution < 1.29 is 14.3 Å². The fraction of sp³-hybridized carbons (Fsp3) is 0.303. The predicted molar refractivity (Wildman–Crippen MR) is 152 cm³/mol. The molecule has 0 aliphatic heterocycles. The Labute approximate surface area is 226 Å². The van der Waals surface area contributed by atoms with E-state index in [4.69, 9.17) is 4.74 Å². The van der Waals surface area contributed by atoms with E-state index in [2.05, 4.69) is 6.07 Å². The van der Waals surface area contributed by atoms with Crippen LogP contribution in [0.25, 0.3) is 17.2 Å². The first-order valence-corrected chi connectivity index (χ1v) is 13.2. The van der Waals surface area contributed by atoms with Gasteiger partial charge in [0.05, 0.1) is 11.6 Å².